The molecule has 0 fully saturated rings. The highest BCUT2D eigenvalue weighted by molar-refractivity contribution is 9.10. The van der Waals surface area contributed by atoms with Crippen molar-refractivity contribution in [1.29, 1.82) is 0 Å². The fourth-order valence-corrected chi connectivity index (χ4v) is 1.63. The minimum atomic E-state index is -0.387. The van der Waals surface area contributed by atoms with E-state index in [2.05, 4.69) is 20.7 Å². The fraction of sp³-hybridized carbons (Fsp3) is 0.100. The minimum absolute atomic E-state index is 0.387. The highest BCUT2D eigenvalue weighted by Crippen LogP contribution is 2.25. The molecular formula is C10H7BrO3. The van der Waals surface area contributed by atoms with Crippen molar-refractivity contribution in [2.75, 3.05) is 7.11 Å². The van der Waals surface area contributed by atoms with Gasteiger partial charge < -0.3 is 9.15 Å². The Hall–Kier alpha value is -1.29. The highest BCUT2D eigenvalue weighted by atomic mass is 79.9. The molecule has 0 saturated heterocycles. The number of rotatable bonds is 1. The van der Waals surface area contributed by atoms with Gasteiger partial charge in [0.25, 0.3) is 0 Å². The lowest BCUT2D eigenvalue weighted by Crippen LogP contribution is -1.99. The number of benzene rings is 1. The van der Waals surface area contributed by atoms with Gasteiger partial charge in [-0.3, -0.25) is 0 Å². The topological polar surface area (TPSA) is 39.4 Å². The third kappa shape index (κ3) is 1.42. The van der Waals surface area contributed by atoms with Gasteiger partial charge in [0, 0.05) is 9.86 Å². The van der Waals surface area contributed by atoms with Crippen LogP contribution in [0.5, 0.6) is 0 Å². The van der Waals surface area contributed by atoms with Crippen LogP contribution in [0.25, 0.3) is 11.0 Å². The Bertz CT molecular complexity index is 487. The minimum Gasteiger partial charge on any atom is -0.465 e. The lowest BCUT2D eigenvalue weighted by molar-refractivity contribution is 0.0602. The first-order valence-corrected chi connectivity index (χ1v) is 4.77. The maximum absolute atomic E-state index is 11.3. The molecule has 0 aliphatic carbocycles. The molecule has 0 amide bonds. The van der Waals surface area contributed by atoms with Gasteiger partial charge in [0.15, 0.2) is 0 Å². The first-order valence-electron chi connectivity index (χ1n) is 3.97. The van der Waals surface area contributed by atoms with Crippen molar-refractivity contribution >= 4 is 32.9 Å². The first kappa shape index (κ1) is 9.27. The summed E-state index contributed by atoms with van der Waals surface area (Å²) in [5, 5.41) is 0.756. The first-order chi connectivity index (χ1) is 6.72. The molecular weight excluding hydrogens is 248 g/mol. The summed E-state index contributed by atoms with van der Waals surface area (Å²) in [6, 6.07) is 5.48. The zero-order valence-corrected chi connectivity index (χ0v) is 9.00. The van der Waals surface area contributed by atoms with E-state index in [1.54, 1.807) is 6.07 Å². The SMILES string of the molecule is COC(=O)c1coc2ccc(Br)cc12. The molecule has 0 aliphatic heterocycles. The van der Waals surface area contributed by atoms with Crippen LogP contribution in [0.4, 0.5) is 0 Å². The lowest BCUT2D eigenvalue weighted by atomic mass is 10.2. The number of halogens is 1. The molecule has 72 valence electrons. The summed E-state index contributed by atoms with van der Waals surface area (Å²) in [5.74, 6) is -0.387. The van der Waals surface area contributed by atoms with Crippen LogP contribution in [-0.4, -0.2) is 13.1 Å². The standard InChI is InChI=1S/C10H7BrO3/c1-13-10(12)8-5-14-9-3-2-6(11)4-7(8)9/h2-5H,1H3. The Morgan fingerprint density at radius 3 is 3.00 bits per heavy atom. The molecule has 1 aromatic heterocycles. The van der Waals surface area contributed by atoms with Gasteiger partial charge in [-0.05, 0) is 18.2 Å². The molecule has 2 rings (SSSR count). The van der Waals surface area contributed by atoms with E-state index in [0.717, 1.165) is 9.86 Å². The molecule has 1 heterocycles. The van der Waals surface area contributed by atoms with Gasteiger partial charge in [0.05, 0.1) is 7.11 Å². The van der Waals surface area contributed by atoms with Crippen LogP contribution in [0.1, 0.15) is 10.4 Å². The van der Waals surface area contributed by atoms with Crippen molar-refractivity contribution in [3.05, 3.63) is 34.5 Å². The van der Waals surface area contributed by atoms with Crippen LogP contribution in [0.3, 0.4) is 0 Å². The maximum Gasteiger partial charge on any atom is 0.341 e. The molecule has 0 bridgehead atoms. The lowest BCUT2D eigenvalue weighted by Gasteiger charge is -1.95. The van der Waals surface area contributed by atoms with E-state index in [9.17, 15) is 4.79 Å². The third-order valence-electron chi connectivity index (χ3n) is 1.94. The van der Waals surface area contributed by atoms with Gasteiger partial charge in [-0.25, -0.2) is 4.79 Å². The smallest absolute Gasteiger partial charge is 0.341 e. The number of esters is 1. The summed E-state index contributed by atoms with van der Waals surface area (Å²) in [6.45, 7) is 0. The molecule has 14 heavy (non-hydrogen) atoms. The van der Waals surface area contributed by atoms with Crippen molar-refractivity contribution < 1.29 is 13.9 Å². The molecule has 0 atom stereocenters. The number of hydrogen-bond acceptors (Lipinski definition) is 3. The second kappa shape index (κ2) is 3.46. The molecule has 1 aromatic carbocycles. The summed E-state index contributed by atoms with van der Waals surface area (Å²) in [5.41, 5.74) is 1.12. The molecule has 0 radical (unpaired) electrons. The normalized spacial score (nSPS) is 10.4. The van der Waals surface area contributed by atoms with Crippen LogP contribution in [0.15, 0.2) is 33.4 Å². The van der Waals surface area contributed by atoms with Gasteiger partial charge in [0.1, 0.15) is 17.4 Å². The number of carbonyl (C=O) groups is 1. The third-order valence-corrected chi connectivity index (χ3v) is 2.43. The van der Waals surface area contributed by atoms with Gasteiger partial charge in [-0.15, -0.1) is 0 Å². The fourth-order valence-electron chi connectivity index (χ4n) is 1.27. The van der Waals surface area contributed by atoms with Crippen molar-refractivity contribution in [3.8, 4) is 0 Å². The molecule has 0 saturated carbocycles. The van der Waals surface area contributed by atoms with Crippen molar-refractivity contribution in [2.24, 2.45) is 0 Å². The molecule has 3 nitrogen and oxygen atoms in total. The quantitative estimate of drug-likeness (QED) is 0.735. The summed E-state index contributed by atoms with van der Waals surface area (Å²) >= 11 is 3.33. The van der Waals surface area contributed by atoms with E-state index in [4.69, 9.17) is 4.42 Å². The van der Waals surface area contributed by atoms with E-state index in [0.29, 0.717) is 11.1 Å². The van der Waals surface area contributed by atoms with E-state index < -0.39 is 0 Å². The summed E-state index contributed by atoms with van der Waals surface area (Å²) in [7, 11) is 1.35. The van der Waals surface area contributed by atoms with Crippen molar-refractivity contribution in [1.82, 2.24) is 0 Å². The second-order valence-corrected chi connectivity index (χ2v) is 3.70. The predicted molar refractivity (Wildman–Crippen MR) is 55.3 cm³/mol. The summed E-state index contributed by atoms with van der Waals surface area (Å²) < 4.78 is 10.7. The number of fused-ring (bicyclic) bond motifs is 1. The second-order valence-electron chi connectivity index (χ2n) is 2.78. The maximum atomic E-state index is 11.3. The Balaban J connectivity index is 2.67. The van der Waals surface area contributed by atoms with E-state index in [-0.39, 0.29) is 5.97 Å². The Kier molecular flexibility index (Phi) is 2.29. The summed E-state index contributed by atoms with van der Waals surface area (Å²) in [6.07, 6.45) is 1.41. The van der Waals surface area contributed by atoms with E-state index >= 15 is 0 Å². The molecule has 4 heteroatoms. The Morgan fingerprint density at radius 1 is 1.50 bits per heavy atom. The Morgan fingerprint density at radius 2 is 2.29 bits per heavy atom. The highest BCUT2D eigenvalue weighted by Gasteiger charge is 2.13. The number of carbonyl (C=O) groups excluding carboxylic acids is 1. The monoisotopic (exact) mass is 254 g/mol. The number of furan rings is 1. The van der Waals surface area contributed by atoms with Crippen LogP contribution in [0, 0.1) is 0 Å². The summed E-state index contributed by atoms with van der Waals surface area (Å²) in [4.78, 5) is 11.3. The largest absolute Gasteiger partial charge is 0.465 e. The molecule has 0 unspecified atom stereocenters. The van der Waals surface area contributed by atoms with Crippen molar-refractivity contribution in [2.45, 2.75) is 0 Å². The zero-order valence-electron chi connectivity index (χ0n) is 7.41. The van der Waals surface area contributed by atoms with Crippen molar-refractivity contribution in [3.63, 3.8) is 0 Å². The van der Waals surface area contributed by atoms with Crippen LogP contribution in [0.2, 0.25) is 0 Å². The van der Waals surface area contributed by atoms with Gasteiger partial charge in [0.2, 0.25) is 0 Å². The number of hydrogen-bond donors (Lipinski definition) is 0. The number of ether oxygens (including phenoxy) is 1. The van der Waals surface area contributed by atoms with Gasteiger partial charge >= 0.3 is 5.97 Å². The molecule has 2 aromatic rings. The molecule has 0 aliphatic rings. The van der Waals surface area contributed by atoms with E-state index in [1.165, 1.54) is 13.4 Å². The zero-order chi connectivity index (χ0) is 10.1. The average molecular weight is 255 g/mol. The van der Waals surface area contributed by atoms with Crippen LogP contribution < -0.4 is 0 Å². The average Bonchev–Trinajstić information content (AvgIpc) is 2.59. The van der Waals surface area contributed by atoms with E-state index in [1.807, 2.05) is 12.1 Å². The van der Waals surface area contributed by atoms with Gasteiger partial charge in [-0.1, -0.05) is 15.9 Å². The van der Waals surface area contributed by atoms with Gasteiger partial charge in [-0.2, -0.15) is 0 Å². The Labute approximate surface area is 88.8 Å². The number of methoxy groups -OCH3 is 1. The molecule has 0 spiro atoms. The molecule has 0 N–H and O–H groups in total. The van der Waals surface area contributed by atoms with Crippen LogP contribution in [-0.2, 0) is 4.74 Å². The van der Waals surface area contributed by atoms with Crippen LogP contribution >= 0.6 is 15.9 Å². The predicted octanol–water partition coefficient (Wildman–Crippen LogP) is 2.98.